The van der Waals surface area contributed by atoms with Gasteiger partial charge in [-0.15, -0.1) is 23.2 Å². The number of halogens is 2. The van der Waals surface area contributed by atoms with Gasteiger partial charge < -0.3 is 4.74 Å². The molecule has 15 heavy (non-hydrogen) atoms. The Labute approximate surface area is 104 Å². The lowest BCUT2D eigenvalue weighted by Gasteiger charge is -2.20. The maximum absolute atomic E-state index is 5.80. The molecule has 0 aromatic heterocycles. The number of methoxy groups -OCH3 is 1. The summed E-state index contributed by atoms with van der Waals surface area (Å²) >= 11 is 11.6. The van der Waals surface area contributed by atoms with Crippen LogP contribution in [0, 0.1) is 5.92 Å². The molecule has 0 bridgehead atoms. The van der Waals surface area contributed by atoms with E-state index in [1.54, 1.807) is 7.11 Å². The minimum atomic E-state index is -0.430. The molecule has 0 N–H and O–H groups in total. The molecular formula is C12H22Cl2O. The predicted octanol–water partition coefficient (Wildman–Crippen LogP) is 4.58. The molecule has 0 amide bonds. The van der Waals surface area contributed by atoms with Gasteiger partial charge in [-0.2, -0.15) is 0 Å². The minimum absolute atomic E-state index is 0.0463. The standard InChI is InChI=1S/C12H22Cl2O/c1-9(2)6-5-7-10(3)8-11(15-4)12(13)14/h6,10-12H,5,7-8H2,1-4H3. The van der Waals surface area contributed by atoms with E-state index in [-0.39, 0.29) is 6.10 Å². The van der Waals surface area contributed by atoms with E-state index in [0.29, 0.717) is 5.92 Å². The molecule has 0 fully saturated rings. The normalized spacial score (nSPS) is 15.1. The largest absolute Gasteiger partial charge is 0.379 e. The molecule has 0 aromatic rings. The van der Waals surface area contributed by atoms with Crippen LogP contribution in [0.25, 0.3) is 0 Å². The van der Waals surface area contributed by atoms with E-state index in [2.05, 4.69) is 26.8 Å². The molecular weight excluding hydrogens is 231 g/mol. The van der Waals surface area contributed by atoms with Gasteiger partial charge in [0, 0.05) is 7.11 Å². The Morgan fingerprint density at radius 3 is 2.33 bits per heavy atom. The average Bonchev–Trinajstić information content (AvgIpc) is 2.13. The van der Waals surface area contributed by atoms with Gasteiger partial charge in [-0.25, -0.2) is 0 Å². The van der Waals surface area contributed by atoms with Crippen LogP contribution in [-0.4, -0.2) is 18.1 Å². The third-order valence-electron chi connectivity index (χ3n) is 2.43. The molecule has 0 aliphatic rings. The van der Waals surface area contributed by atoms with Gasteiger partial charge in [0.15, 0.2) is 0 Å². The maximum atomic E-state index is 5.80. The summed E-state index contributed by atoms with van der Waals surface area (Å²) in [5.74, 6) is 0.588. The molecule has 0 radical (unpaired) electrons. The molecule has 0 heterocycles. The minimum Gasteiger partial charge on any atom is -0.379 e. The number of hydrogen-bond donors (Lipinski definition) is 0. The Hall–Kier alpha value is 0.280. The smallest absolute Gasteiger partial charge is 0.133 e. The second-order valence-corrected chi connectivity index (χ2v) is 5.47. The van der Waals surface area contributed by atoms with E-state index in [1.807, 2.05) is 0 Å². The quantitative estimate of drug-likeness (QED) is 0.476. The molecule has 2 unspecified atom stereocenters. The second-order valence-electron chi connectivity index (χ2n) is 4.31. The fourth-order valence-corrected chi connectivity index (χ4v) is 1.88. The molecule has 0 aromatic carbocycles. The number of hydrogen-bond acceptors (Lipinski definition) is 1. The van der Waals surface area contributed by atoms with Crippen molar-refractivity contribution in [1.29, 1.82) is 0 Å². The third kappa shape index (κ3) is 8.12. The van der Waals surface area contributed by atoms with Crippen LogP contribution in [0.1, 0.15) is 40.0 Å². The van der Waals surface area contributed by atoms with Gasteiger partial charge in [0.25, 0.3) is 0 Å². The molecule has 3 heteroatoms. The Morgan fingerprint density at radius 2 is 1.93 bits per heavy atom. The zero-order valence-electron chi connectivity index (χ0n) is 10.1. The average molecular weight is 253 g/mol. The Morgan fingerprint density at radius 1 is 1.33 bits per heavy atom. The fraction of sp³-hybridized carbons (Fsp3) is 0.833. The highest BCUT2D eigenvalue weighted by molar-refractivity contribution is 6.44. The van der Waals surface area contributed by atoms with Crippen LogP contribution in [0.15, 0.2) is 11.6 Å². The van der Waals surface area contributed by atoms with Crippen molar-refractivity contribution in [3.63, 3.8) is 0 Å². The van der Waals surface area contributed by atoms with Gasteiger partial charge >= 0.3 is 0 Å². The van der Waals surface area contributed by atoms with Crippen molar-refractivity contribution in [2.24, 2.45) is 5.92 Å². The van der Waals surface area contributed by atoms with Crippen molar-refractivity contribution in [2.45, 2.75) is 51.0 Å². The van der Waals surface area contributed by atoms with Crippen LogP contribution in [0.5, 0.6) is 0 Å². The highest BCUT2D eigenvalue weighted by Gasteiger charge is 2.18. The van der Waals surface area contributed by atoms with Gasteiger partial charge in [-0.05, 0) is 39.0 Å². The fourth-order valence-electron chi connectivity index (χ4n) is 1.47. The SMILES string of the molecule is COC(CC(C)CCC=C(C)C)C(Cl)Cl. The van der Waals surface area contributed by atoms with Crippen LogP contribution in [0.2, 0.25) is 0 Å². The Kier molecular flexibility index (Phi) is 8.59. The number of ether oxygens (including phenoxy) is 1. The van der Waals surface area contributed by atoms with Crippen molar-refractivity contribution in [3.05, 3.63) is 11.6 Å². The lowest BCUT2D eigenvalue weighted by molar-refractivity contribution is 0.0917. The van der Waals surface area contributed by atoms with Crippen LogP contribution in [-0.2, 0) is 4.74 Å². The van der Waals surface area contributed by atoms with Crippen molar-refractivity contribution in [2.75, 3.05) is 7.11 Å². The van der Waals surface area contributed by atoms with Crippen LogP contribution >= 0.6 is 23.2 Å². The van der Waals surface area contributed by atoms with E-state index >= 15 is 0 Å². The molecule has 90 valence electrons. The molecule has 0 saturated carbocycles. The summed E-state index contributed by atoms with van der Waals surface area (Å²) in [4.78, 5) is -0.430. The van der Waals surface area contributed by atoms with E-state index in [4.69, 9.17) is 27.9 Å². The summed E-state index contributed by atoms with van der Waals surface area (Å²) in [6.07, 6.45) is 5.41. The molecule has 0 spiro atoms. The predicted molar refractivity (Wildman–Crippen MR) is 68.7 cm³/mol. The first-order valence-corrected chi connectivity index (χ1v) is 6.29. The lowest BCUT2D eigenvalue weighted by Crippen LogP contribution is -2.21. The topological polar surface area (TPSA) is 9.23 Å². The van der Waals surface area contributed by atoms with Crippen LogP contribution in [0.4, 0.5) is 0 Å². The molecule has 0 rings (SSSR count). The van der Waals surface area contributed by atoms with E-state index < -0.39 is 4.84 Å². The summed E-state index contributed by atoms with van der Waals surface area (Å²) in [5, 5.41) is 0. The second kappa shape index (κ2) is 8.43. The summed E-state index contributed by atoms with van der Waals surface area (Å²) in [5.41, 5.74) is 1.37. The summed E-state index contributed by atoms with van der Waals surface area (Å²) in [6, 6.07) is 0. The van der Waals surface area contributed by atoms with Gasteiger partial charge in [0.1, 0.15) is 4.84 Å². The molecule has 0 aliphatic carbocycles. The van der Waals surface area contributed by atoms with Crippen molar-refractivity contribution >= 4 is 23.2 Å². The third-order valence-corrected chi connectivity index (χ3v) is 2.99. The summed E-state index contributed by atoms with van der Waals surface area (Å²) in [6.45, 7) is 6.45. The number of alkyl halides is 2. The molecule has 1 nitrogen and oxygen atoms in total. The lowest BCUT2D eigenvalue weighted by atomic mass is 9.98. The van der Waals surface area contributed by atoms with Crippen molar-refractivity contribution in [1.82, 2.24) is 0 Å². The van der Waals surface area contributed by atoms with Crippen molar-refractivity contribution in [3.8, 4) is 0 Å². The van der Waals surface area contributed by atoms with E-state index in [9.17, 15) is 0 Å². The number of rotatable bonds is 7. The van der Waals surface area contributed by atoms with E-state index in [1.165, 1.54) is 5.57 Å². The maximum Gasteiger partial charge on any atom is 0.133 e. The zero-order valence-corrected chi connectivity index (χ0v) is 11.6. The highest BCUT2D eigenvalue weighted by atomic mass is 35.5. The molecule has 0 aliphatic heterocycles. The first-order valence-electron chi connectivity index (χ1n) is 5.41. The van der Waals surface area contributed by atoms with Gasteiger partial charge in [0.05, 0.1) is 6.10 Å². The zero-order chi connectivity index (χ0) is 11.8. The summed E-state index contributed by atoms with van der Waals surface area (Å²) in [7, 11) is 1.66. The van der Waals surface area contributed by atoms with Gasteiger partial charge in [0.2, 0.25) is 0 Å². The van der Waals surface area contributed by atoms with E-state index in [0.717, 1.165) is 19.3 Å². The monoisotopic (exact) mass is 252 g/mol. The summed E-state index contributed by atoms with van der Waals surface area (Å²) < 4.78 is 5.23. The first kappa shape index (κ1) is 15.3. The van der Waals surface area contributed by atoms with Crippen LogP contribution < -0.4 is 0 Å². The Bertz CT molecular complexity index is 186. The molecule has 0 saturated heterocycles. The van der Waals surface area contributed by atoms with Crippen LogP contribution in [0.3, 0.4) is 0 Å². The van der Waals surface area contributed by atoms with Crippen molar-refractivity contribution < 1.29 is 4.74 Å². The number of allylic oxidation sites excluding steroid dienone is 2. The Balaban J connectivity index is 3.81. The molecule has 2 atom stereocenters. The van der Waals surface area contributed by atoms with Gasteiger partial charge in [-0.3, -0.25) is 0 Å². The van der Waals surface area contributed by atoms with Gasteiger partial charge in [-0.1, -0.05) is 18.6 Å². The first-order chi connectivity index (χ1) is 6.97. The highest BCUT2D eigenvalue weighted by Crippen LogP contribution is 2.21.